The molecule has 0 fully saturated rings. The van der Waals surface area contributed by atoms with Crippen LogP contribution in [0.3, 0.4) is 0 Å². The molecule has 5 aromatic rings. The molecule has 8 heteroatoms. The van der Waals surface area contributed by atoms with E-state index in [-0.39, 0.29) is 0 Å². The van der Waals surface area contributed by atoms with E-state index in [1.807, 2.05) is 43.7 Å². The minimum absolute atomic E-state index is 0.607. The van der Waals surface area contributed by atoms with Gasteiger partial charge in [-0.05, 0) is 29.8 Å². The van der Waals surface area contributed by atoms with E-state index in [1.165, 1.54) is 0 Å². The van der Waals surface area contributed by atoms with Crippen molar-refractivity contribution in [2.24, 2.45) is 7.05 Å². The summed E-state index contributed by atoms with van der Waals surface area (Å²) in [5, 5.41) is 7.75. The van der Waals surface area contributed by atoms with Crippen molar-refractivity contribution in [1.82, 2.24) is 24.7 Å². The van der Waals surface area contributed by atoms with E-state index < -0.39 is 0 Å². The number of aryl methyl sites for hydroxylation is 3. The van der Waals surface area contributed by atoms with Gasteiger partial charge < -0.3 is 19.5 Å². The number of imidazole rings is 1. The second kappa shape index (κ2) is 8.58. The van der Waals surface area contributed by atoms with E-state index in [2.05, 4.69) is 37.5 Å². The Morgan fingerprint density at radius 3 is 2.88 bits per heavy atom. The molecule has 0 amide bonds. The summed E-state index contributed by atoms with van der Waals surface area (Å²) in [6.45, 7) is 0.607. The van der Waals surface area contributed by atoms with Gasteiger partial charge in [-0.25, -0.2) is 9.97 Å². The summed E-state index contributed by atoms with van der Waals surface area (Å²) in [4.78, 5) is 12.4. The van der Waals surface area contributed by atoms with Crippen molar-refractivity contribution in [3.8, 4) is 16.9 Å². The SMILES string of the molecule is COc1cc(-c2cnn(C)c2)ccc1CNc1ccnc2nc(CCc3ccco3)[nH]c12. The summed E-state index contributed by atoms with van der Waals surface area (Å²) in [6.07, 6.45) is 8.84. The number of aromatic amines is 1. The summed E-state index contributed by atoms with van der Waals surface area (Å²) in [5.74, 6) is 2.66. The fourth-order valence-corrected chi connectivity index (χ4v) is 3.75. The quantitative estimate of drug-likeness (QED) is 0.381. The Kier molecular flexibility index (Phi) is 5.33. The fraction of sp³-hybridized carbons (Fsp3) is 0.208. The van der Waals surface area contributed by atoms with Crippen LogP contribution in [0.25, 0.3) is 22.3 Å². The van der Waals surface area contributed by atoms with Gasteiger partial charge >= 0.3 is 0 Å². The lowest BCUT2D eigenvalue weighted by molar-refractivity contribution is 0.410. The Labute approximate surface area is 185 Å². The summed E-state index contributed by atoms with van der Waals surface area (Å²) in [7, 11) is 3.60. The first-order valence-electron chi connectivity index (χ1n) is 10.5. The van der Waals surface area contributed by atoms with Gasteiger partial charge in [0.05, 0.1) is 25.3 Å². The van der Waals surface area contributed by atoms with Crippen LogP contribution in [-0.2, 0) is 26.4 Å². The lowest BCUT2D eigenvalue weighted by Gasteiger charge is -2.12. The molecule has 0 aliphatic rings. The first-order valence-corrected chi connectivity index (χ1v) is 10.5. The van der Waals surface area contributed by atoms with Crippen molar-refractivity contribution >= 4 is 16.9 Å². The zero-order valence-corrected chi connectivity index (χ0v) is 18.0. The topological polar surface area (TPSA) is 93.8 Å². The number of benzene rings is 1. The number of anilines is 1. The first-order chi connectivity index (χ1) is 15.7. The molecule has 0 radical (unpaired) electrons. The maximum Gasteiger partial charge on any atom is 0.179 e. The van der Waals surface area contributed by atoms with Crippen molar-refractivity contribution in [2.45, 2.75) is 19.4 Å². The van der Waals surface area contributed by atoms with Crippen LogP contribution >= 0.6 is 0 Å². The summed E-state index contributed by atoms with van der Waals surface area (Å²) < 4.78 is 12.9. The van der Waals surface area contributed by atoms with E-state index in [0.29, 0.717) is 12.2 Å². The van der Waals surface area contributed by atoms with E-state index in [1.54, 1.807) is 24.3 Å². The minimum Gasteiger partial charge on any atom is -0.496 e. The number of fused-ring (bicyclic) bond motifs is 1. The summed E-state index contributed by atoms with van der Waals surface area (Å²) in [5.41, 5.74) is 5.73. The molecule has 5 rings (SSSR count). The van der Waals surface area contributed by atoms with Crippen LogP contribution in [0.5, 0.6) is 5.75 Å². The van der Waals surface area contributed by atoms with Gasteiger partial charge in [-0.2, -0.15) is 5.10 Å². The van der Waals surface area contributed by atoms with Crippen molar-refractivity contribution < 1.29 is 9.15 Å². The molecular weight excluding hydrogens is 404 g/mol. The molecule has 0 aliphatic carbocycles. The monoisotopic (exact) mass is 428 g/mol. The molecule has 1 aromatic carbocycles. The van der Waals surface area contributed by atoms with Gasteiger partial charge in [0.2, 0.25) is 0 Å². The zero-order chi connectivity index (χ0) is 21.9. The molecule has 0 saturated heterocycles. The average Bonchev–Trinajstić information content (AvgIpc) is 3.56. The number of ether oxygens (including phenoxy) is 1. The molecule has 0 bridgehead atoms. The molecule has 0 spiro atoms. The maximum absolute atomic E-state index is 5.65. The Hall–Kier alpha value is -4.07. The van der Waals surface area contributed by atoms with Crippen molar-refractivity contribution in [2.75, 3.05) is 12.4 Å². The Balaban J connectivity index is 1.33. The molecule has 4 aromatic heterocycles. The van der Waals surface area contributed by atoms with Crippen molar-refractivity contribution in [3.63, 3.8) is 0 Å². The van der Waals surface area contributed by atoms with Crippen LogP contribution < -0.4 is 10.1 Å². The molecule has 0 unspecified atom stereocenters. The van der Waals surface area contributed by atoms with Crippen LogP contribution in [0.1, 0.15) is 17.1 Å². The van der Waals surface area contributed by atoms with Crippen LogP contribution in [-0.4, -0.2) is 31.8 Å². The number of nitrogens with zero attached hydrogens (tertiary/aromatic N) is 4. The van der Waals surface area contributed by atoms with Gasteiger partial charge in [-0.15, -0.1) is 0 Å². The Morgan fingerprint density at radius 1 is 1.16 bits per heavy atom. The number of rotatable bonds is 8. The molecule has 8 nitrogen and oxygen atoms in total. The van der Waals surface area contributed by atoms with Crippen LogP contribution in [0.15, 0.2) is 65.7 Å². The van der Waals surface area contributed by atoms with E-state index in [0.717, 1.165) is 58.1 Å². The van der Waals surface area contributed by atoms with Gasteiger partial charge in [0.25, 0.3) is 0 Å². The molecule has 0 saturated carbocycles. The molecule has 0 atom stereocenters. The third-order valence-corrected chi connectivity index (χ3v) is 5.42. The Morgan fingerprint density at radius 2 is 2.09 bits per heavy atom. The molecule has 0 aliphatic heterocycles. The lowest BCUT2D eigenvalue weighted by Crippen LogP contribution is -2.03. The average molecular weight is 428 g/mol. The van der Waals surface area contributed by atoms with Crippen LogP contribution in [0.2, 0.25) is 0 Å². The van der Waals surface area contributed by atoms with Gasteiger partial charge in [0.1, 0.15) is 22.9 Å². The minimum atomic E-state index is 0.607. The number of aromatic nitrogens is 5. The third-order valence-electron chi connectivity index (χ3n) is 5.42. The smallest absolute Gasteiger partial charge is 0.179 e. The number of H-pyrrole nitrogens is 1. The normalized spacial score (nSPS) is 11.2. The van der Waals surface area contributed by atoms with Gasteiger partial charge in [0.15, 0.2) is 5.65 Å². The number of nitrogens with one attached hydrogen (secondary N) is 2. The molecular formula is C24H24N6O2. The number of methoxy groups -OCH3 is 1. The summed E-state index contributed by atoms with van der Waals surface area (Å²) in [6, 6.07) is 12.0. The highest BCUT2D eigenvalue weighted by Crippen LogP contribution is 2.28. The van der Waals surface area contributed by atoms with Crippen LogP contribution in [0, 0.1) is 0 Å². The predicted molar refractivity (Wildman–Crippen MR) is 123 cm³/mol. The van der Waals surface area contributed by atoms with Gasteiger partial charge in [-0.3, -0.25) is 4.68 Å². The number of hydrogen-bond donors (Lipinski definition) is 2. The standard InChI is InChI=1S/C24H24N6O2/c1-30-15-18(14-27-30)16-5-6-17(21(12-16)31-2)13-26-20-9-10-25-24-23(20)28-22(29-24)8-7-19-4-3-11-32-19/h3-6,9-12,14-15H,7-8,13H2,1-2H3,(H2,25,26,28,29). The second-order valence-corrected chi connectivity index (χ2v) is 7.60. The molecule has 4 heterocycles. The third kappa shape index (κ3) is 4.07. The van der Waals surface area contributed by atoms with Crippen molar-refractivity contribution in [1.29, 1.82) is 0 Å². The van der Waals surface area contributed by atoms with Gasteiger partial charge in [-0.1, -0.05) is 12.1 Å². The fourth-order valence-electron chi connectivity index (χ4n) is 3.75. The van der Waals surface area contributed by atoms with Crippen LogP contribution in [0.4, 0.5) is 5.69 Å². The number of hydrogen-bond acceptors (Lipinski definition) is 6. The number of furan rings is 1. The molecule has 162 valence electrons. The Bertz CT molecular complexity index is 1340. The number of pyridine rings is 1. The van der Waals surface area contributed by atoms with E-state index >= 15 is 0 Å². The van der Waals surface area contributed by atoms with E-state index in [9.17, 15) is 0 Å². The molecule has 32 heavy (non-hydrogen) atoms. The highest BCUT2D eigenvalue weighted by Gasteiger charge is 2.11. The lowest BCUT2D eigenvalue weighted by atomic mass is 10.1. The molecule has 2 N–H and O–H groups in total. The summed E-state index contributed by atoms with van der Waals surface area (Å²) >= 11 is 0. The zero-order valence-electron chi connectivity index (χ0n) is 18.0. The maximum atomic E-state index is 5.65. The largest absolute Gasteiger partial charge is 0.496 e. The van der Waals surface area contributed by atoms with E-state index in [4.69, 9.17) is 9.15 Å². The highest BCUT2D eigenvalue weighted by atomic mass is 16.5. The van der Waals surface area contributed by atoms with Gasteiger partial charge in [0, 0.05) is 50.0 Å². The first kappa shape index (κ1) is 19.9. The van der Waals surface area contributed by atoms with Crippen molar-refractivity contribution in [3.05, 3.63) is 78.4 Å². The second-order valence-electron chi connectivity index (χ2n) is 7.60. The highest BCUT2D eigenvalue weighted by molar-refractivity contribution is 5.85. The predicted octanol–water partition coefficient (Wildman–Crippen LogP) is 4.36.